The molecule has 0 spiro atoms. The topological polar surface area (TPSA) is 81.2 Å². The molecule has 5 heteroatoms. The lowest BCUT2D eigenvalue weighted by Gasteiger charge is -2.11. The van der Waals surface area contributed by atoms with Gasteiger partial charge in [0.05, 0.1) is 17.7 Å². The quantitative estimate of drug-likeness (QED) is 0.472. The van der Waals surface area contributed by atoms with Gasteiger partial charge in [-0.1, -0.05) is 18.2 Å². The Morgan fingerprint density at radius 3 is 2.84 bits per heavy atom. The Hall–Kier alpha value is -2.14. The highest BCUT2D eigenvalue weighted by Gasteiger charge is 2.10. The molecule has 0 unspecified atom stereocenters. The number of nitrogens with two attached hydrogens (primary N) is 1. The van der Waals surface area contributed by atoms with Crippen LogP contribution in [0.3, 0.4) is 0 Å². The summed E-state index contributed by atoms with van der Waals surface area (Å²) < 4.78 is 10.8. The molecular weight excluding hydrogens is 242 g/mol. The summed E-state index contributed by atoms with van der Waals surface area (Å²) in [6.07, 6.45) is 0. The van der Waals surface area contributed by atoms with E-state index < -0.39 is 0 Å². The van der Waals surface area contributed by atoms with Gasteiger partial charge in [0.15, 0.2) is 0 Å². The number of amidine groups is 1. The summed E-state index contributed by atoms with van der Waals surface area (Å²) >= 11 is 0. The van der Waals surface area contributed by atoms with Crippen molar-refractivity contribution in [1.82, 2.24) is 4.98 Å². The van der Waals surface area contributed by atoms with Crippen LogP contribution >= 0.6 is 0 Å². The van der Waals surface area contributed by atoms with Crippen molar-refractivity contribution in [3.8, 4) is 5.88 Å². The van der Waals surface area contributed by atoms with Gasteiger partial charge in [-0.05, 0) is 19.1 Å². The molecule has 0 radical (unpaired) electrons. The second kappa shape index (κ2) is 6.15. The van der Waals surface area contributed by atoms with Gasteiger partial charge in [0.25, 0.3) is 0 Å². The number of fused-ring (bicyclic) bond motifs is 1. The van der Waals surface area contributed by atoms with Crippen LogP contribution in [0.2, 0.25) is 0 Å². The van der Waals surface area contributed by atoms with E-state index in [1.807, 2.05) is 37.3 Å². The monoisotopic (exact) mass is 259 g/mol. The number of para-hydroxylation sites is 1. The number of nitrogens with one attached hydrogen (secondary N) is 1. The first-order valence-corrected chi connectivity index (χ1v) is 6.17. The smallest absolute Gasteiger partial charge is 0.225 e. The summed E-state index contributed by atoms with van der Waals surface area (Å²) in [6, 6.07) is 9.48. The Kier molecular flexibility index (Phi) is 4.30. The van der Waals surface area contributed by atoms with Crippen molar-refractivity contribution >= 4 is 16.7 Å². The van der Waals surface area contributed by atoms with Crippen molar-refractivity contribution in [3.63, 3.8) is 0 Å². The van der Waals surface area contributed by atoms with Crippen molar-refractivity contribution in [2.75, 3.05) is 19.8 Å². The molecule has 0 fully saturated rings. The predicted molar refractivity (Wildman–Crippen MR) is 74.7 cm³/mol. The summed E-state index contributed by atoms with van der Waals surface area (Å²) in [5.74, 6) is 0.329. The Balaban J connectivity index is 2.28. The normalized spacial score (nSPS) is 10.6. The Bertz CT molecular complexity index is 584. The molecule has 3 N–H and O–H groups in total. The SMILES string of the molecule is CCOCCOc1nc2ccccc2cc1C(=N)N. The predicted octanol–water partition coefficient (Wildman–Crippen LogP) is 1.93. The molecule has 1 heterocycles. The number of pyridine rings is 1. The van der Waals surface area contributed by atoms with Gasteiger partial charge in [0.1, 0.15) is 12.4 Å². The number of ether oxygens (including phenoxy) is 2. The highest BCUT2D eigenvalue weighted by molar-refractivity contribution is 6.00. The maximum Gasteiger partial charge on any atom is 0.225 e. The minimum atomic E-state index is -0.0512. The van der Waals surface area contributed by atoms with E-state index in [1.165, 1.54) is 0 Å². The van der Waals surface area contributed by atoms with E-state index in [0.717, 1.165) is 10.9 Å². The highest BCUT2D eigenvalue weighted by Crippen LogP contribution is 2.21. The van der Waals surface area contributed by atoms with E-state index in [4.69, 9.17) is 20.6 Å². The van der Waals surface area contributed by atoms with Crippen molar-refractivity contribution in [1.29, 1.82) is 5.41 Å². The van der Waals surface area contributed by atoms with E-state index in [-0.39, 0.29) is 5.84 Å². The zero-order valence-electron chi connectivity index (χ0n) is 10.8. The number of hydrogen-bond donors (Lipinski definition) is 2. The van der Waals surface area contributed by atoms with Crippen LogP contribution in [0.15, 0.2) is 30.3 Å². The molecule has 100 valence electrons. The summed E-state index contributed by atoms with van der Waals surface area (Å²) in [5, 5.41) is 8.53. The standard InChI is InChI=1S/C14H17N3O2/c1-2-18-7-8-19-14-11(13(15)16)9-10-5-3-4-6-12(10)17-14/h3-6,9H,2,7-8H2,1H3,(H3,15,16). The summed E-state index contributed by atoms with van der Waals surface area (Å²) in [6.45, 7) is 3.45. The third-order valence-corrected chi connectivity index (χ3v) is 2.65. The largest absolute Gasteiger partial charge is 0.475 e. The van der Waals surface area contributed by atoms with Gasteiger partial charge in [-0.2, -0.15) is 0 Å². The van der Waals surface area contributed by atoms with E-state index >= 15 is 0 Å². The molecule has 1 aromatic heterocycles. The van der Waals surface area contributed by atoms with E-state index in [1.54, 1.807) is 0 Å². The zero-order chi connectivity index (χ0) is 13.7. The molecule has 0 saturated heterocycles. The van der Waals surface area contributed by atoms with Crippen LogP contribution in [-0.2, 0) is 4.74 Å². The molecule has 0 aliphatic carbocycles. The molecular formula is C14H17N3O2. The molecule has 5 nitrogen and oxygen atoms in total. The number of aromatic nitrogens is 1. The van der Waals surface area contributed by atoms with Crippen LogP contribution in [-0.4, -0.2) is 30.6 Å². The van der Waals surface area contributed by atoms with Gasteiger partial charge < -0.3 is 15.2 Å². The molecule has 0 bridgehead atoms. The molecule has 2 aromatic rings. The minimum absolute atomic E-state index is 0.0512. The van der Waals surface area contributed by atoms with Crippen molar-refractivity contribution in [2.45, 2.75) is 6.92 Å². The molecule has 1 aromatic carbocycles. The van der Waals surface area contributed by atoms with Gasteiger partial charge in [-0.15, -0.1) is 0 Å². The summed E-state index contributed by atoms with van der Waals surface area (Å²) in [4.78, 5) is 4.40. The van der Waals surface area contributed by atoms with Crippen LogP contribution in [0.5, 0.6) is 5.88 Å². The third kappa shape index (κ3) is 3.20. The fourth-order valence-electron chi connectivity index (χ4n) is 1.74. The average Bonchev–Trinajstić information content (AvgIpc) is 2.42. The number of hydrogen-bond acceptors (Lipinski definition) is 4. The first kappa shape index (κ1) is 13.3. The molecule has 0 aliphatic heterocycles. The minimum Gasteiger partial charge on any atom is -0.475 e. The number of nitrogens with zero attached hydrogens (tertiary/aromatic N) is 1. The van der Waals surface area contributed by atoms with Crippen LogP contribution in [0.1, 0.15) is 12.5 Å². The maximum atomic E-state index is 7.59. The summed E-state index contributed by atoms with van der Waals surface area (Å²) in [5.41, 5.74) is 6.90. The van der Waals surface area contributed by atoms with Gasteiger partial charge in [-0.3, -0.25) is 5.41 Å². The lowest BCUT2D eigenvalue weighted by atomic mass is 10.1. The number of rotatable bonds is 6. The van der Waals surface area contributed by atoms with E-state index in [9.17, 15) is 0 Å². The maximum absolute atomic E-state index is 7.59. The van der Waals surface area contributed by atoms with E-state index in [0.29, 0.717) is 31.3 Å². The van der Waals surface area contributed by atoms with Crippen molar-refractivity contribution in [2.24, 2.45) is 5.73 Å². The first-order valence-electron chi connectivity index (χ1n) is 6.17. The van der Waals surface area contributed by atoms with Gasteiger partial charge in [-0.25, -0.2) is 4.98 Å². The Morgan fingerprint density at radius 2 is 2.11 bits per heavy atom. The number of benzene rings is 1. The second-order valence-corrected chi connectivity index (χ2v) is 3.99. The van der Waals surface area contributed by atoms with Crippen LogP contribution < -0.4 is 10.5 Å². The average molecular weight is 259 g/mol. The van der Waals surface area contributed by atoms with E-state index in [2.05, 4.69) is 4.98 Å². The second-order valence-electron chi connectivity index (χ2n) is 3.99. The van der Waals surface area contributed by atoms with Crippen molar-refractivity contribution in [3.05, 3.63) is 35.9 Å². The van der Waals surface area contributed by atoms with Crippen LogP contribution in [0.4, 0.5) is 0 Å². The van der Waals surface area contributed by atoms with Crippen LogP contribution in [0, 0.1) is 5.41 Å². The van der Waals surface area contributed by atoms with Gasteiger partial charge in [0, 0.05) is 12.0 Å². The highest BCUT2D eigenvalue weighted by atomic mass is 16.5. The number of nitrogen functional groups attached to an aromatic ring is 1. The summed E-state index contributed by atoms with van der Waals surface area (Å²) in [7, 11) is 0. The molecule has 2 rings (SSSR count). The van der Waals surface area contributed by atoms with Crippen molar-refractivity contribution < 1.29 is 9.47 Å². The molecule has 0 atom stereocenters. The fourth-order valence-corrected chi connectivity index (χ4v) is 1.74. The Labute approximate surface area is 111 Å². The molecule has 0 aliphatic rings. The molecule has 0 saturated carbocycles. The molecule has 0 amide bonds. The zero-order valence-corrected chi connectivity index (χ0v) is 10.8. The molecule has 19 heavy (non-hydrogen) atoms. The lowest BCUT2D eigenvalue weighted by molar-refractivity contribution is 0.108. The first-order chi connectivity index (χ1) is 9.22. The van der Waals surface area contributed by atoms with Gasteiger partial charge >= 0.3 is 0 Å². The third-order valence-electron chi connectivity index (χ3n) is 2.65. The van der Waals surface area contributed by atoms with Crippen LogP contribution in [0.25, 0.3) is 10.9 Å². The van der Waals surface area contributed by atoms with Gasteiger partial charge in [0.2, 0.25) is 5.88 Å². The Morgan fingerprint density at radius 1 is 1.32 bits per heavy atom. The lowest BCUT2D eigenvalue weighted by Crippen LogP contribution is -2.16. The fraction of sp³-hybridized carbons (Fsp3) is 0.286.